The number of benzene rings is 1. The first-order valence-electron chi connectivity index (χ1n) is 4.14. The van der Waals surface area contributed by atoms with E-state index in [1.807, 2.05) is 31.2 Å². The highest BCUT2D eigenvalue weighted by molar-refractivity contribution is 6.03. The number of hydrogen-bond donors (Lipinski definition) is 1. The van der Waals surface area contributed by atoms with Crippen LogP contribution >= 0.6 is 0 Å². The van der Waals surface area contributed by atoms with Crippen molar-refractivity contribution in [1.29, 1.82) is 0 Å². The van der Waals surface area contributed by atoms with Crippen molar-refractivity contribution in [3.63, 3.8) is 0 Å². The van der Waals surface area contributed by atoms with Crippen molar-refractivity contribution in [2.45, 2.75) is 13.8 Å². The molecule has 68 valence electrons. The first-order valence-corrected chi connectivity index (χ1v) is 4.14. The molecule has 0 saturated heterocycles. The molecule has 0 fully saturated rings. The average Bonchev–Trinajstić information content (AvgIpc) is 2.08. The molecule has 0 heterocycles. The highest BCUT2D eigenvalue weighted by Gasteiger charge is 2.03. The summed E-state index contributed by atoms with van der Waals surface area (Å²) in [7, 11) is 0. The molecule has 0 bridgehead atoms. The van der Waals surface area contributed by atoms with E-state index in [9.17, 15) is 4.79 Å². The van der Waals surface area contributed by atoms with Gasteiger partial charge in [-0.25, -0.2) is 0 Å². The Morgan fingerprint density at radius 2 is 2.00 bits per heavy atom. The van der Waals surface area contributed by atoms with Gasteiger partial charge in [-0.3, -0.25) is 4.79 Å². The molecule has 0 aromatic heterocycles. The average molecular weight is 175 g/mol. The Morgan fingerprint density at radius 1 is 1.38 bits per heavy atom. The highest BCUT2D eigenvalue weighted by Crippen LogP contribution is 2.13. The fourth-order valence-electron chi connectivity index (χ4n) is 0.942. The van der Waals surface area contributed by atoms with E-state index in [0.717, 1.165) is 11.3 Å². The Labute approximate surface area is 78.3 Å². The zero-order valence-corrected chi connectivity index (χ0v) is 7.92. The highest BCUT2D eigenvalue weighted by atomic mass is 16.1. The number of carbonyl (C=O) groups is 1. The summed E-state index contributed by atoms with van der Waals surface area (Å²) in [5, 5.41) is 2.77. The number of para-hydroxylation sites is 1. The summed E-state index contributed by atoms with van der Waals surface area (Å²) in [6.07, 6.45) is 0. The Morgan fingerprint density at radius 3 is 2.54 bits per heavy atom. The van der Waals surface area contributed by atoms with Gasteiger partial charge in [0.15, 0.2) is 0 Å². The molecular formula is C11H13NO. The van der Waals surface area contributed by atoms with Crippen molar-refractivity contribution in [3.8, 4) is 0 Å². The molecule has 1 aromatic carbocycles. The third-order valence-corrected chi connectivity index (χ3v) is 1.78. The molecule has 0 unspecified atom stereocenters. The zero-order valence-electron chi connectivity index (χ0n) is 7.92. The molecule has 2 heteroatoms. The molecule has 1 aromatic rings. The van der Waals surface area contributed by atoms with Crippen LogP contribution in [0.4, 0.5) is 5.69 Å². The monoisotopic (exact) mass is 175 g/mol. The van der Waals surface area contributed by atoms with Crippen molar-refractivity contribution in [3.05, 3.63) is 42.0 Å². The van der Waals surface area contributed by atoms with Crippen LogP contribution in [0, 0.1) is 6.92 Å². The standard InChI is InChI=1S/C11H13NO/c1-8(2)11(13)12-10-7-5-4-6-9(10)3/h4-7H,1H2,2-3H3,(H,12,13). The Bertz CT molecular complexity index is 342. The molecule has 1 amide bonds. The molecule has 0 radical (unpaired) electrons. The SMILES string of the molecule is C=C(C)C(=O)Nc1ccccc1C. The molecule has 1 rings (SSSR count). The third-order valence-electron chi connectivity index (χ3n) is 1.78. The summed E-state index contributed by atoms with van der Waals surface area (Å²) in [6.45, 7) is 7.21. The number of amides is 1. The lowest BCUT2D eigenvalue weighted by atomic mass is 10.2. The van der Waals surface area contributed by atoms with E-state index in [1.54, 1.807) is 6.92 Å². The summed E-state index contributed by atoms with van der Waals surface area (Å²) in [4.78, 5) is 11.3. The minimum atomic E-state index is -0.130. The van der Waals surface area contributed by atoms with E-state index in [4.69, 9.17) is 0 Å². The van der Waals surface area contributed by atoms with Gasteiger partial charge in [-0.2, -0.15) is 0 Å². The predicted molar refractivity (Wildman–Crippen MR) is 54.6 cm³/mol. The van der Waals surface area contributed by atoms with Crippen molar-refractivity contribution < 1.29 is 4.79 Å². The van der Waals surface area contributed by atoms with Crippen LogP contribution in [-0.2, 0) is 4.79 Å². The molecule has 0 atom stereocenters. The van der Waals surface area contributed by atoms with Crippen LogP contribution in [0.2, 0.25) is 0 Å². The maximum atomic E-state index is 11.3. The van der Waals surface area contributed by atoms with Gasteiger partial charge in [0.2, 0.25) is 0 Å². The summed E-state index contributed by atoms with van der Waals surface area (Å²) in [6, 6.07) is 7.65. The number of aryl methyl sites for hydroxylation is 1. The molecule has 0 aliphatic rings. The van der Waals surface area contributed by atoms with Gasteiger partial charge in [0.05, 0.1) is 0 Å². The molecule has 1 N–H and O–H groups in total. The van der Waals surface area contributed by atoms with E-state index in [2.05, 4.69) is 11.9 Å². The quantitative estimate of drug-likeness (QED) is 0.687. The lowest BCUT2D eigenvalue weighted by Gasteiger charge is -2.06. The minimum Gasteiger partial charge on any atom is -0.322 e. The number of rotatable bonds is 2. The topological polar surface area (TPSA) is 29.1 Å². The van der Waals surface area contributed by atoms with Crippen LogP contribution in [0.5, 0.6) is 0 Å². The van der Waals surface area contributed by atoms with Crippen LogP contribution in [0.3, 0.4) is 0 Å². The lowest BCUT2D eigenvalue weighted by Crippen LogP contribution is -2.12. The molecule has 0 saturated carbocycles. The first-order chi connectivity index (χ1) is 6.11. The van der Waals surface area contributed by atoms with Gasteiger partial charge in [0.25, 0.3) is 5.91 Å². The second kappa shape index (κ2) is 3.90. The van der Waals surface area contributed by atoms with Crippen molar-refractivity contribution in [2.75, 3.05) is 5.32 Å². The number of carbonyl (C=O) groups excluding carboxylic acids is 1. The fourth-order valence-corrected chi connectivity index (χ4v) is 0.942. The van der Waals surface area contributed by atoms with Gasteiger partial charge in [-0.05, 0) is 25.5 Å². The second-order valence-electron chi connectivity index (χ2n) is 3.05. The van der Waals surface area contributed by atoms with Crippen LogP contribution in [0.25, 0.3) is 0 Å². The smallest absolute Gasteiger partial charge is 0.250 e. The Balaban J connectivity index is 2.81. The van der Waals surface area contributed by atoms with E-state index in [1.165, 1.54) is 0 Å². The normalized spacial score (nSPS) is 9.38. The second-order valence-corrected chi connectivity index (χ2v) is 3.05. The molecule has 13 heavy (non-hydrogen) atoms. The number of anilines is 1. The van der Waals surface area contributed by atoms with Gasteiger partial charge < -0.3 is 5.32 Å². The molecular weight excluding hydrogens is 162 g/mol. The van der Waals surface area contributed by atoms with Crippen molar-refractivity contribution in [1.82, 2.24) is 0 Å². The first kappa shape index (κ1) is 9.52. The van der Waals surface area contributed by atoms with E-state index >= 15 is 0 Å². The number of hydrogen-bond acceptors (Lipinski definition) is 1. The van der Waals surface area contributed by atoms with Crippen LogP contribution < -0.4 is 5.32 Å². The van der Waals surface area contributed by atoms with Gasteiger partial charge in [-0.1, -0.05) is 24.8 Å². The fraction of sp³-hybridized carbons (Fsp3) is 0.182. The molecule has 2 nitrogen and oxygen atoms in total. The van der Waals surface area contributed by atoms with Gasteiger partial charge in [0, 0.05) is 11.3 Å². The summed E-state index contributed by atoms with van der Waals surface area (Å²) in [5.74, 6) is -0.130. The van der Waals surface area contributed by atoms with Crippen molar-refractivity contribution in [2.24, 2.45) is 0 Å². The minimum absolute atomic E-state index is 0.130. The summed E-state index contributed by atoms with van der Waals surface area (Å²) < 4.78 is 0. The summed E-state index contributed by atoms with van der Waals surface area (Å²) >= 11 is 0. The Kier molecular flexibility index (Phi) is 2.85. The van der Waals surface area contributed by atoms with E-state index in [0.29, 0.717) is 5.57 Å². The largest absolute Gasteiger partial charge is 0.322 e. The maximum Gasteiger partial charge on any atom is 0.250 e. The van der Waals surface area contributed by atoms with Gasteiger partial charge in [0.1, 0.15) is 0 Å². The van der Waals surface area contributed by atoms with Crippen LogP contribution in [-0.4, -0.2) is 5.91 Å². The number of nitrogens with one attached hydrogen (secondary N) is 1. The van der Waals surface area contributed by atoms with Gasteiger partial charge >= 0.3 is 0 Å². The van der Waals surface area contributed by atoms with E-state index < -0.39 is 0 Å². The molecule has 0 aliphatic heterocycles. The Hall–Kier alpha value is -1.57. The van der Waals surface area contributed by atoms with E-state index in [-0.39, 0.29) is 5.91 Å². The maximum absolute atomic E-state index is 11.3. The van der Waals surface area contributed by atoms with Crippen LogP contribution in [0.1, 0.15) is 12.5 Å². The molecule has 0 aliphatic carbocycles. The molecule has 0 spiro atoms. The summed E-state index contributed by atoms with van der Waals surface area (Å²) in [5.41, 5.74) is 2.41. The zero-order chi connectivity index (χ0) is 9.84. The van der Waals surface area contributed by atoms with Crippen LogP contribution in [0.15, 0.2) is 36.4 Å². The van der Waals surface area contributed by atoms with Gasteiger partial charge in [-0.15, -0.1) is 0 Å². The van der Waals surface area contributed by atoms with Crippen molar-refractivity contribution >= 4 is 11.6 Å². The third kappa shape index (κ3) is 2.44. The predicted octanol–water partition coefficient (Wildman–Crippen LogP) is 2.51. The lowest BCUT2D eigenvalue weighted by molar-refractivity contribution is -0.112.